The predicted octanol–water partition coefficient (Wildman–Crippen LogP) is -1.68. The van der Waals surface area contributed by atoms with Crippen molar-refractivity contribution in [2.45, 2.75) is 38.5 Å². The van der Waals surface area contributed by atoms with Crippen LogP contribution in [0.15, 0.2) is 0 Å². The van der Waals surface area contributed by atoms with E-state index in [-0.39, 0.29) is 12.5 Å². The topological polar surface area (TPSA) is 127 Å². The molecule has 0 saturated carbocycles. The third kappa shape index (κ3) is 5.62. The highest BCUT2D eigenvalue weighted by atomic mass is 16.4. The zero-order valence-electron chi connectivity index (χ0n) is 9.83. The molecule has 0 aromatic rings. The quantitative estimate of drug-likeness (QED) is 0.366. The largest absolute Gasteiger partial charge is 0.479 e. The summed E-state index contributed by atoms with van der Waals surface area (Å²) in [6.07, 6.45) is -3.74. The molecule has 0 saturated heterocycles. The maximum atomic E-state index is 11.3. The number of carbonyl (C=O) groups is 2. The van der Waals surface area contributed by atoms with E-state index < -0.39 is 30.1 Å². The number of aliphatic hydroxyl groups excluding tert-OH is 3. The number of hydrogen-bond donors (Lipinski definition) is 5. The Kier molecular flexibility index (Phi) is 6.71. The molecule has 5 N–H and O–H groups in total. The first-order chi connectivity index (χ1) is 7.79. The minimum absolute atomic E-state index is 0.217. The molecule has 7 nitrogen and oxygen atoms in total. The van der Waals surface area contributed by atoms with E-state index in [2.05, 4.69) is 5.32 Å². The second-order valence-electron chi connectivity index (χ2n) is 4.25. The summed E-state index contributed by atoms with van der Waals surface area (Å²) in [6, 6.07) is -0.571. The minimum Gasteiger partial charge on any atom is -0.479 e. The molecule has 0 unspecified atom stereocenters. The van der Waals surface area contributed by atoms with Gasteiger partial charge in [-0.2, -0.15) is 0 Å². The molecule has 0 rings (SSSR count). The average Bonchev–Trinajstić information content (AvgIpc) is 2.24. The standard InChI is InChI=1S/C10H19NO6/c1-5(2)3-6(4-12)11-9(15)7(13)8(14)10(16)17/h5-8,12-14H,3-4H2,1-2H3,(H,11,15)(H,16,17)/t6-,7-,8-/m1/s1. The minimum atomic E-state index is -2.17. The van der Waals surface area contributed by atoms with E-state index in [1.165, 1.54) is 0 Å². The van der Waals surface area contributed by atoms with Gasteiger partial charge in [0.05, 0.1) is 12.6 Å². The molecular formula is C10H19NO6. The molecule has 0 aliphatic heterocycles. The van der Waals surface area contributed by atoms with Gasteiger partial charge in [-0.3, -0.25) is 4.79 Å². The molecule has 7 heteroatoms. The highest BCUT2D eigenvalue weighted by Crippen LogP contribution is 2.05. The lowest BCUT2D eigenvalue weighted by Crippen LogP contribution is -2.50. The van der Waals surface area contributed by atoms with Crippen molar-refractivity contribution in [2.75, 3.05) is 6.61 Å². The summed E-state index contributed by atoms with van der Waals surface area (Å²) in [5.41, 5.74) is 0. The Labute approximate surface area is 99.1 Å². The Morgan fingerprint density at radius 1 is 1.18 bits per heavy atom. The van der Waals surface area contributed by atoms with Gasteiger partial charge in [-0.15, -0.1) is 0 Å². The number of aliphatic carboxylic acids is 1. The Hall–Kier alpha value is -1.18. The number of nitrogens with one attached hydrogen (secondary N) is 1. The van der Waals surface area contributed by atoms with Crippen molar-refractivity contribution in [3.05, 3.63) is 0 Å². The fraction of sp³-hybridized carbons (Fsp3) is 0.800. The fourth-order valence-corrected chi connectivity index (χ4v) is 1.31. The van der Waals surface area contributed by atoms with E-state index in [4.69, 9.17) is 15.3 Å². The molecule has 100 valence electrons. The van der Waals surface area contributed by atoms with Crippen molar-refractivity contribution in [3.63, 3.8) is 0 Å². The average molecular weight is 249 g/mol. The third-order valence-corrected chi connectivity index (χ3v) is 2.14. The predicted molar refractivity (Wildman–Crippen MR) is 58.1 cm³/mol. The molecule has 1 amide bonds. The second-order valence-corrected chi connectivity index (χ2v) is 4.25. The molecule has 0 aliphatic rings. The van der Waals surface area contributed by atoms with Gasteiger partial charge in [0.15, 0.2) is 12.2 Å². The van der Waals surface area contributed by atoms with Crippen molar-refractivity contribution in [1.82, 2.24) is 5.32 Å². The van der Waals surface area contributed by atoms with Crippen molar-refractivity contribution >= 4 is 11.9 Å². The first-order valence-electron chi connectivity index (χ1n) is 5.29. The summed E-state index contributed by atoms with van der Waals surface area (Å²) >= 11 is 0. The maximum absolute atomic E-state index is 11.3. The SMILES string of the molecule is CC(C)C[C@H](CO)NC(=O)[C@H](O)[C@@H](O)C(=O)O. The van der Waals surface area contributed by atoms with Crippen molar-refractivity contribution < 1.29 is 30.0 Å². The van der Waals surface area contributed by atoms with Gasteiger partial charge in [-0.05, 0) is 12.3 Å². The second kappa shape index (κ2) is 7.21. The van der Waals surface area contributed by atoms with Gasteiger partial charge in [-0.1, -0.05) is 13.8 Å². The van der Waals surface area contributed by atoms with Crippen LogP contribution < -0.4 is 5.32 Å². The highest BCUT2D eigenvalue weighted by Gasteiger charge is 2.31. The van der Waals surface area contributed by atoms with Crippen LogP contribution in [-0.2, 0) is 9.59 Å². The molecule has 0 aliphatic carbocycles. The molecule has 0 radical (unpaired) electrons. The van der Waals surface area contributed by atoms with Gasteiger partial charge >= 0.3 is 5.97 Å². The van der Waals surface area contributed by atoms with Crippen LogP contribution >= 0.6 is 0 Å². The van der Waals surface area contributed by atoms with Gasteiger partial charge in [0.2, 0.25) is 0 Å². The van der Waals surface area contributed by atoms with Gasteiger partial charge in [-0.25, -0.2) is 4.79 Å². The number of carbonyl (C=O) groups excluding carboxylic acids is 1. The number of carboxylic acid groups (broad SMARTS) is 1. The highest BCUT2D eigenvalue weighted by molar-refractivity contribution is 5.87. The van der Waals surface area contributed by atoms with Gasteiger partial charge < -0.3 is 25.7 Å². The fourth-order valence-electron chi connectivity index (χ4n) is 1.31. The Bertz CT molecular complexity index is 268. The summed E-state index contributed by atoms with van der Waals surface area (Å²) in [4.78, 5) is 21.7. The lowest BCUT2D eigenvalue weighted by atomic mass is 10.0. The summed E-state index contributed by atoms with van der Waals surface area (Å²) in [5.74, 6) is -2.48. The molecule has 0 aromatic heterocycles. The third-order valence-electron chi connectivity index (χ3n) is 2.14. The van der Waals surface area contributed by atoms with E-state index in [0.717, 1.165) is 0 Å². The van der Waals surface area contributed by atoms with Crippen LogP contribution in [0.4, 0.5) is 0 Å². The lowest BCUT2D eigenvalue weighted by Gasteiger charge is -2.21. The summed E-state index contributed by atoms with van der Waals surface area (Å²) in [7, 11) is 0. The van der Waals surface area contributed by atoms with Crippen LogP contribution in [0.2, 0.25) is 0 Å². The van der Waals surface area contributed by atoms with Gasteiger partial charge in [0, 0.05) is 0 Å². The summed E-state index contributed by atoms with van der Waals surface area (Å²) in [6.45, 7) is 3.45. The molecule has 0 spiro atoms. The molecule has 17 heavy (non-hydrogen) atoms. The molecular weight excluding hydrogens is 230 g/mol. The molecule has 0 fully saturated rings. The van der Waals surface area contributed by atoms with E-state index in [0.29, 0.717) is 6.42 Å². The lowest BCUT2D eigenvalue weighted by molar-refractivity contribution is -0.158. The van der Waals surface area contributed by atoms with E-state index >= 15 is 0 Å². The summed E-state index contributed by atoms with van der Waals surface area (Å²) < 4.78 is 0. The number of hydrogen-bond acceptors (Lipinski definition) is 5. The maximum Gasteiger partial charge on any atom is 0.335 e. The van der Waals surface area contributed by atoms with Crippen LogP contribution in [0.3, 0.4) is 0 Å². The first kappa shape index (κ1) is 15.8. The smallest absolute Gasteiger partial charge is 0.335 e. The molecule has 0 aromatic carbocycles. The monoisotopic (exact) mass is 249 g/mol. The number of amides is 1. The first-order valence-corrected chi connectivity index (χ1v) is 5.29. The van der Waals surface area contributed by atoms with Gasteiger partial charge in [0.25, 0.3) is 5.91 Å². The molecule has 0 bridgehead atoms. The normalized spacial score (nSPS) is 16.4. The van der Waals surface area contributed by atoms with Crippen LogP contribution in [0, 0.1) is 5.92 Å². The van der Waals surface area contributed by atoms with Crippen LogP contribution in [-0.4, -0.2) is 57.2 Å². The molecule has 0 heterocycles. The number of rotatable bonds is 7. The van der Waals surface area contributed by atoms with E-state index in [1.807, 2.05) is 13.8 Å². The van der Waals surface area contributed by atoms with Crippen molar-refractivity contribution in [2.24, 2.45) is 5.92 Å². The van der Waals surface area contributed by atoms with Crippen LogP contribution in [0.1, 0.15) is 20.3 Å². The van der Waals surface area contributed by atoms with Crippen LogP contribution in [0.25, 0.3) is 0 Å². The number of aliphatic hydroxyl groups is 3. The van der Waals surface area contributed by atoms with Crippen molar-refractivity contribution in [1.29, 1.82) is 0 Å². The zero-order chi connectivity index (χ0) is 13.6. The number of carboxylic acids is 1. The Balaban J connectivity index is 4.35. The van der Waals surface area contributed by atoms with Crippen molar-refractivity contribution in [3.8, 4) is 0 Å². The Morgan fingerprint density at radius 3 is 2.06 bits per heavy atom. The zero-order valence-corrected chi connectivity index (χ0v) is 9.83. The van der Waals surface area contributed by atoms with Crippen LogP contribution in [0.5, 0.6) is 0 Å². The van der Waals surface area contributed by atoms with E-state index in [1.54, 1.807) is 0 Å². The van der Waals surface area contributed by atoms with Gasteiger partial charge in [0.1, 0.15) is 0 Å². The molecule has 3 atom stereocenters. The Morgan fingerprint density at radius 2 is 1.71 bits per heavy atom. The summed E-state index contributed by atoms with van der Waals surface area (Å²) in [5, 5.41) is 37.8. The van der Waals surface area contributed by atoms with E-state index in [9.17, 15) is 14.7 Å².